The average Bonchev–Trinajstić information content (AvgIpc) is 3.16. The Bertz CT molecular complexity index is 941. The predicted octanol–water partition coefficient (Wildman–Crippen LogP) is 4.90. The fourth-order valence-electron chi connectivity index (χ4n) is 4.28. The molecule has 1 aromatic heterocycles. The molecule has 1 atom stereocenters. The predicted molar refractivity (Wildman–Crippen MR) is 121 cm³/mol. The van der Waals surface area contributed by atoms with Gasteiger partial charge in [-0.15, -0.1) is 0 Å². The Morgan fingerprint density at radius 2 is 1.87 bits per heavy atom. The fraction of sp³-hybridized carbons (Fsp3) is 0.478. The zero-order valence-electron chi connectivity index (χ0n) is 17.2. The lowest BCUT2D eigenvalue weighted by Gasteiger charge is -2.25. The third-order valence-electron chi connectivity index (χ3n) is 5.89. The first-order valence-corrected chi connectivity index (χ1v) is 11.3. The summed E-state index contributed by atoms with van der Waals surface area (Å²) in [6.07, 6.45) is 6.12. The molecule has 0 spiro atoms. The van der Waals surface area contributed by atoms with Crippen molar-refractivity contribution < 1.29 is 9.90 Å². The lowest BCUT2D eigenvalue weighted by atomic mass is 10.1. The quantitative estimate of drug-likeness (QED) is 0.589. The summed E-state index contributed by atoms with van der Waals surface area (Å²) in [5.41, 5.74) is 1.78. The molecule has 2 heterocycles. The molecule has 3 rings (SSSR count). The highest BCUT2D eigenvalue weighted by Gasteiger charge is 2.24. The molecule has 2 aromatic rings. The zero-order valence-corrected chi connectivity index (χ0v) is 18.8. The first-order valence-electron chi connectivity index (χ1n) is 10.5. The van der Waals surface area contributed by atoms with Crippen LogP contribution in [0.5, 0.6) is 0 Å². The second-order valence-electron chi connectivity index (χ2n) is 7.87. The normalized spacial score (nSPS) is 16.8. The number of pyridine rings is 1. The number of hydrogen-bond donors (Lipinski definition) is 1. The molecular formula is C23H28Cl2N2O3. The molecule has 30 heavy (non-hydrogen) atoms. The molecular weight excluding hydrogens is 423 g/mol. The van der Waals surface area contributed by atoms with Gasteiger partial charge in [0.05, 0.1) is 10.6 Å². The van der Waals surface area contributed by atoms with Gasteiger partial charge in [0.1, 0.15) is 5.02 Å². The van der Waals surface area contributed by atoms with Crippen LogP contribution in [0.1, 0.15) is 54.2 Å². The van der Waals surface area contributed by atoms with Gasteiger partial charge in [0.15, 0.2) is 0 Å². The molecule has 0 saturated carbocycles. The van der Waals surface area contributed by atoms with Gasteiger partial charge in [-0.1, -0.05) is 48.7 Å². The first kappa shape index (κ1) is 22.9. The largest absolute Gasteiger partial charge is 0.478 e. The van der Waals surface area contributed by atoms with E-state index in [-0.39, 0.29) is 16.1 Å². The van der Waals surface area contributed by atoms with Crippen molar-refractivity contribution >= 4 is 29.2 Å². The van der Waals surface area contributed by atoms with Crippen molar-refractivity contribution in [2.24, 2.45) is 0 Å². The molecule has 162 valence electrons. The zero-order chi connectivity index (χ0) is 21.7. The van der Waals surface area contributed by atoms with Crippen LogP contribution in [-0.2, 0) is 19.4 Å². The van der Waals surface area contributed by atoms with Crippen LogP contribution < -0.4 is 5.56 Å². The van der Waals surface area contributed by atoms with E-state index in [2.05, 4.69) is 11.8 Å². The van der Waals surface area contributed by atoms with Crippen molar-refractivity contribution in [3.05, 3.63) is 67.6 Å². The summed E-state index contributed by atoms with van der Waals surface area (Å²) in [7, 11) is 0. The van der Waals surface area contributed by atoms with Crippen LogP contribution in [0.2, 0.25) is 10.0 Å². The summed E-state index contributed by atoms with van der Waals surface area (Å²) >= 11 is 12.6. The third kappa shape index (κ3) is 5.45. The van der Waals surface area contributed by atoms with E-state index in [1.54, 1.807) is 34.9 Å². The molecule has 0 amide bonds. The van der Waals surface area contributed by atoms with Gasteiger partial charge in [-0.25, -0.2) is 4.79 Å². The maximum absolute atomic E-state index is 12.8. The maximum Gasteiger partial charge on any atom is 0.335 e. The minimum atomic E-state index is -0.954. The fourth-order valence-corrected chi connectivity index (χ4v) is 4.85. The highest BCUT2D eigenvalue weighted by atomic mass is 35.5. The van der Waals surface area contributed by atoms with Crippen LogP contribution in [0, 0.1) is 0 Å². The summed E-state index contributed by atoms with van der Waals surface area (Å²) in [6, 6.07) is 8.88. The number of aryl methyl sites for hydroxylation is 1. The molecule has 0 bridgehead atoms. The number of benzene rings is 1. The van der Waals surface area contributed by atoms with Crippen molar-refractivity contribution in [3.63, 3.8) is 0 Å². The molecule has 0 aliphatic carbocycles. The number of rotatable bonds is 9. The molecule has 0 unspecified atom stereocenters. The van der Waals surface area contributed by atoms with Crippen molar-refractivity contribution in [1.29, 1.82) is 0 Å². The van der Waals surface area contributed by atoms with Crippen LogP contribution >= 0.6 is 23.2 Å². The van der Waals surface area contributed by atoms with Crippen LogP contribution in [0.4, 0.5) is 0 Å². The standard InChI is InChI=1S/C23H28Cl2N2O3/c1-2-4-18-5-3-12-26(18)13-11-21-19(24)15-20(25)22(28)27(21)14-10-16-6-8-17(9-7-16)23(29)30/h6-9,15,18H,2-5,10-14H2,1H3,(H,29,30)/t18-/m0/s1. The van der Waals surface area contributed by atoms with Crippen molar-refractivity contribution in [2.75, 3.05) is 13.1 Å². The third-order valence-corrected chi connectivity index (χ3v) is 6.48. The highest BCUT2D eigenvalue weighted by molar-refractivity contribution is 6.34. The molecule has 1 saturated heterocycles. The van der Waals surface area contributed by atoms with E-state index in [0.717, 1.165) is 24.3 Å². The van der Waals surface area contributed by atoms with Crippen LogP contribution in [-0.4, -0.2) is 39.7 Å². The molecule has 1 aliphatic rings. The summed E-state index contributed by atoms with van der Waals surface area (Å²) in [5, 5.41) is 9.68. The summed E-state index contributed by atoms with van der Waals surface area (Å²) in [5.74, 6) is -0.954. The smallest absolute Gasteiger partial charge is 0.335 e. The van der Waals surface area contributed by atoms with Gasteiger partial charge in [-0.2, -0.15) is 0 Å². The van der Waals surface area contributed by atoms with Gasteiger partial charge >= 0.3 is 5.97 Å². The average molecular weight is 451 g/mol. The van der Waals surface area contributed by atoms with E-state index >= 15 is 0 Å². The van der Waals surface area contributed by atoms with E-state index < -0.39 is 5.97 Å². The van der Waals surface area contributed by atoms with Gasteiger partial charge in [-0.3, -0.25) is 4.79 Å². The monoisotopic (exact) mass is 450 g/mol. The van der Waals surface area contributed by atoms with Gasteiger partial charge in [-0.05, 0) is 56.0 Å². The molecule has 5 nitrogen and oxygen atoms in total. The lowest BCUT2D eigenvalue weighted by molar-refractivity contribution is 0.0697. The van der Waals surface area contributed by atoms with E-state index in [1.165, 1.54) is 25.7 Å². The van der Waals surface area contributed by atoms with Gasteiger partial charge < -0.3 is 14.6 Å². The molecule has 0 radical (unpaired) electrons. The van der Waals surface area contributed by atoms with Gasteiger partial charge in [0.2, 0.25) is 0 Å². The molecule has 1 aliphatic heterocycles. The number of hydrogen-bond acceptors (Lipinski definition) is 3. The summed E-state index contributed by atoms with van der Waals surface area (Å²) in [6.45, 7) is 4.63. The topological polar surface area (TPSA) is 62.5 Å². The minimum Gasteiger partial charge on any atom is -0.478 e. The number of aromatic nitrogens is 1. The molecule has 1 fully saturated rings. The summed E-state index contributed by atoms with van der Waals surface area (Å²) in [4.78, 5) is 26.3. The number of carbonyl (C=O) groups is 1. The second kappa shape index (κ2) is 10.5. The lowest BCUT2D eigenvalue weighted by Crippen LogP contribution is -2.33. The first-order chi connectivity index (χ1) is 14.4. The number of likely N-dealkylation sites (tertiary alicyclic amines) is 1. The Morgan fingerprint density at radius 1 is 1.13 bits per heavy atom. The Labute approximate surface area is 187 Å². The van der Waals surface area contributed by atoms with E-state index in [4.69, 9.17) is 28.3 Å². The van der Waals surface area contributed by atoms with Crippen molar-refractivity contribution in [2.45, 2.75) is 58.0 Å². The number of nitrogens with zero attached hydrogens (tertiary/aromatic N) is 2. The number of aromatic carboxylic acids is 1. The van der Waals surface area contributed by atoms with E-state index in [0.29, 0.717) is 30.5 Å². The van der Waals surface area contributed by atoms with Crippen molar-refractivity contribution in [3.8, 4) is 0 Å². The van der Waals surface area contributed by atoms with Crippen LogP contribution in [0.15, 0.2) is 35.1 Å². The summed E-state index contributed by atoms with van der Waals surface area (Å²) < 4.78 is 1.68. The Morgan fingerprint density at radius 3 is 2.53 bits per heavy atom. The van der Waals surface area contributed by atoms with Crippen LogP contribution in [0.3, 0.4) is 0 Å². The SMILES string of the molecule is CCC[C@H]1CCCN1CCc1c(Cl)cc(Cl)c(=O)n1CCc1ccc(C(=O)O)cc1. The van der Waals surface area contributed by atoms with E-state index in [9.17, 15) is 9.59 Å². The Kier molecular flexibility index (Phi) is 7.98. The number of carboxylic acids is 1. The minimum absolute atomic E-state index is 0.120. The number of carboxylic acid groups (broad SMARTS) is 1. The maximum atomic E-state index is 12.8. The Balaban J connectivity index is 1.76. The molecule has 1 N–H and O–H groups in total. The van der Waals surface area contributed by atoms with Crippen molar-refractivity contribution in [1.82, 2.24) is 9.47 Å². The highest BCUT2D eigenvalue weighted by Crippen LogP contribution is 2.24. The second-order valence-corrected chi connectivity index (χ2v) is 8.68. The van der Waals surface area contributed by atoms with Crippen LogP contribution in [0.25, 0.3) is 0 Å². The van der Waals surface area contributed by atoms with Gasteiger partial charge in [0, 0.05) is 31.2 Å². The number of halogens is 2. The molecule has 7 heteroatoms. The van der Waals surface area contributed by atoms with Gasteiger partial charge in [0.25, 0.3) is 5.56 Å². The van der Waals surface area contributed by atoms with E-state index in [1.807, 2.05) is 0 Å². The molecule has 1 aromatic carbocycles. The Hall–Kier alpha value is -1.82.